The van der Waals surface area contributed by atoms with E-state index in [4.69, 9.17) is 0 Å². The number of aromatic amines is 1. The summed E-state index contributed by atoms with van der Waals surface area (Å²) in [5.74, 6) is 0.815. The molecule has 0 amide bonds. The average molecular weight is 137 g/mol. The van der Waals surface area contributed by atoms with E-state index in [1.165, 1.54) is 18.4 Å². The summed E-state index contributed by atoms with van der Waals surface area (Å²) in [7, 11) is 0. The van der Waals surface area contributed by atoms with E-state index in [1.54, 1.807) is 0 Å². The molecule has 1 aromatic rings. The van der Waals surface area contributed by atoms with Gasteiger partial charge in [0, 0.05) is 12.4 Å². The monoisotopic (exact) mass is 137 g/mol. The Morgan fingerprint density at radius 1 is 1.50 bits per heavy atom. The molecule has 1 rings (SSSR count). The summed E-state index contributed by atoms with van der Waals surface area (Å²) < 4.78 is 0. The zero-order chi connectivity index (χ0) is 7.40. The van der Waals surface area contributed by atoms with E-state index in [-0.39, 0.29) is 0 Å². The second-order valence-corrected chi connectivity index (χ2v) is 3.15. The number of hydrogen-bond acceptors (Lipinski definition) is 0. The second-order valence-electron chi connectivity index (χ2n) is 3.15. The Morgan fingerprint density at radius 3 is 2.80 bits per heavy atom. The van der Waals surface area contributed by atoms with Gasteiger partial charge in [0.1, 0.15) is 0 Å². The SMILES string of the molecule is CC(C)CCc1cc[nH]c1. The van der Waals surface area contributed by atoms with Crippen molar-refractivity contribution >= 4 is 0 Å². The first-order chi connectivity index (χ1) is 4.79. The smallest absolute Gasteiger partial charge is 0.00373 e. The molecule has 1 heterocycles. The highest BCUT2D eigenvalue weighted by atomic mass is 14.6. The molecule has 1 N–H and O–H groups in total. The average Bonchev–Trinajstić information content (AvgIpc) is 2.34. The van der Waals surface area contributed by atoms with Crippen LogP contribution in [0.2, 0.25) is 0 Å². The minimum atomic E-state index is 0.815. The molecule has 0 aromatic carbocycles. The van der Waals surface area contributed by atoms with Crippen LogP contribution in [0.3, 0.4) is 0 Å². The second kappa shape index (κ2) is 3.45. The van der Waals surface area contributed by atoms with Crippen LogP contribution >= 0.6 is 0 Å². The number of aromatic nitrogens is 1. The lowest BCUT2D eigenvalue weighted by Crippen LogP contribution is -1.89. The molecule has 0 fully saturated rings. The lowest BCUT2D eigenvalue weighted by Gasteiger charge is -2.00. The summed E-state index contributed by atoms with van der Waals surface area (Å²) in [6.45, 7) is 4.51. The molecular weight excluding hydrogens is 122 g/mol. The fourth-order valence-electron chi connectivity index (χ4n) is 0.969. The van der Waals surface area contributed by atoms with E-state index >= 15 is 0 Å². The van der Waals surface area contributed by atoms with Gasteiger partial charge in [0.15, 0.2) is 0 Å². The fourth-order valence-corrected chi connectivity index (χ4v) is 0.969. The van der Waals surface area contributed by atoms with Gasteiger partial charge in [0.25, 0.3) is 0 Å². The Hall–Kier alpha value is -0.720. The molecule has 0 bridgehead atoms. The Kier molecular flexibility index (Phi) is 2.55. The van der Waals surface area contributed by atoms with Crippen molar-refractivity contribution in [2.45, 2.75) is 26.7 Å². The maximum absolute atomic E-state index is 3.05. The van der Waals surface area contributed by atoms with Gasteiger partial charge in [-0.3, -0.25) is 0 Å². The van der Waals surface area contributed by atoms with Crippen molar-refractivity contribution in [2.75, 3.05) is 0 Å². The molecule has 0 aliphatic carbocycles. The van der Waals surface area contributed by atoms with Crippen molar-refractivity contribution in [3.05, 3.63) is 24.0 Å². The number of H-pyrrole nitrogens is 1. The van der Waals surface area contributed by atoms with Gasteiger partial charge >= 0.3 is 0 Å². The molecule has 10 heavy (non-hydrogen) atoms. The molecule has 0 aliphatic rings. The molecule has 0 saturated carbocycles. The molecular formula is C9H15N. The van der Waals surface area contributed by atoms with Crippen molar-refractivity contribution in [1.29, 1.82) is 0 Å². The van der Waals surface area contributed by atoms with E-state index in [9.17, 15) is 0 Å². The van der Waals surface area contributed by atoms with Gasteiger partial charge in [-0.1, -0.05) is 13.8 Å². The van der Waals surface area contributed by atoms with Crippen LogP contribution in [-0.2, 0) is 6.42 Å². The van der Waals surface area contributed by atoms with Crippen LogP contribution < -0.4 is 0 Å². The van der Waals surface area contributed by atoms with Gasteiger partial charge in [0.05, 0.1) is 0 Å². The fraction of sp³-hybridized carbons (Fsp3) is 0.556. The van der Waals surface area contributed by atoms with Crippen molar-refractivity contribution in [1.82, 2.24) is 4.98 Å². The number of rotatable bonds is 3. The predicted molar refractivity (Wildman–Crippen MR) is 44.0 cm³/mol. The van der Waals surface area contributed by atoms with Gasteiger partial charge in [0.2, 0.25) is 0 Å². The highest BCUT2D eigenvalue weighted by molar-refractivity contribution is 5.07. The topological polar surface area (TPSA) is 15.8 Å². The Labute approximate surface area is 62.5 Å². The van der Waals surface area contributed by atoms with Gasteiger partial charge in [-0.15, -0.1) is 0 Å². The van der Waals surface area contributed by atoms with Crippen LogP contribution in [0.1, 0.15) is 25.8 Å². The summed E-state index contributed by atoms with van der Waals surface area (Å²) in [5, 5.41) is 0. The normalized spacial score (nSPS) is 10.7. The van der Waals surface area contributed by atoms with Gasteiger partial charge in [-0.2, -0.15) is 0 Å². The van der Waals surface area contributed by atoms with Crippen LogP contribution in [0.25, 0.3) is 0 Å². The zero-order valence-corrected chi connectivity index (χ0v) is 6.72. The molecule has 0 spiro atoms. The molecule has 0 aliphatic heterocycles. The van der Waals surface area contributed by atoms with Crippen LogP contribution in [0.4, 0.5) is 0 Å². The Morgan fingerprint density at radius 2 is 2.30 bits per heavy atom. The van der Waals surface area contributed by atoms with Crippen LogP contribution in [-0.4, -0.2) is 4.98 Å². The van der Waals surface area contributed by atoms with Crippen molar-refractivity contribution in [2.24, 2.45) is 5.92 Å². The number of aryl methyl sites for hydroxylation is 1. The van der Waals surface area contributed by atoms with E-state index in [2.05, 4.69) is 31.1 Å². The minimum absolute atomic E-state index is 0.815. The lowest BCUT2D eigenvalue weighted by molar-refractivity contribution is 0.587. The van der Waals surface area contributed by atoms with Crippen LogP contribution in [0.5, 0.6) is 0 Å². The molecule has 1 nitrogen and oxygen atoms in total. The summed E-state index contributed by atoms with van der Waals surface area (Å²) in [6.07, 6.45) is 6.55. The summed E-state index contributed by atoms with van der Waals surface area (Å²) >= 11 is 0. The standard InChI is InChI=1S/C9H15N/c1-8(2)3-4-9-5-6-10-7-9/h5-8,10H,3-4H2,1-2H3. The van der Waals surface area contributed by atoms with Crippen molar-refractivity contribution in [3.63, 3.8) is 0 Å². The first-order valence-corrected chi connectivity index (χ1v) is 3.90. The van der Waals surface area contributed by atoms with Crippen LogP contribution in [0.15, 0.2) is 18.5 Å². The summed E-state index contributed by atoms with van der Waals surface area (Å²) in [4.78, 5) is 3.05. The third kappa shape index (κ3) is 2.26. The molecule has 0 radical (unpaired) electrons. The molecule has 0 saturated heterocycles. The predicted octanol–water partition coefficient (Wildman–Crippen LogP) is 2.60. The summed E-state index contributed by atoms with van der Waals surface area (Å²) in [6, 6.07) is 2.14. The maximum Gasteiger partial charge on any atom is 0.00373 e. The quantitative estimate of drug-likeness (QED) is 0.659. The number of hydrogen-bond donors (Lipinski definition) is 1. The first-order valence-electron chi connectivity index (χ1n) is 3.90. The van der Waals surface area contributed by atoms with Crippen molar-refractivity contribution in [3.8, 4) is 0 Å². The molecule has 0 unspecified atom stereocenters. The minimum Gasteiger partial charge on any atom is -0.367 e. The van der Waals surface area contributed by atoms with Crippen LogP contribution in [0, 0.1) is 5.92 Å². The highest BCUT2D eigenvalue weighted by Gasteiger charge is 1.95. The van der Waals surface area contributed by atoms with E-state index in [1.807, 2.05) is 6.20 Å². The van der Waals surface area contributed by atoms with Gasteiger partial charge in [-0.05, 0) is 30.4 Å². The van der Waals surface area contributed by atoms with Gasteiger partial charge < -0.3 is 4.98 Å². The zero-order valence-electron chi connectivity index (χ0n) is 6.72. The third-order valence-corrected chi connectivity index (χ3v) is 1.67. The van der Waals surface area contributed by atoms with Gasteiger partial charge in [-0.25, -0.2) is 0 Å². The molecule has 1 heteroatoms. The molecule has 0 atom stereocenters. The van der Waals surface area contributed by atoms with Crippen molar-refractivity contribution < 1.29 is 0 Å². The maximum atomic E-state index is 3.05. The largest absolute Gasteiger partial charge is 0.367 e. The lowest BCUT2D eigenvalue weighted by atomic mass is 10.1. The summed E-state index contributed by atoms with van der Waals surface area (Å²) in [5.41, 5.74) is 1.42. The third-order valence-electron chi connectivity index (χ3n) is 1.67. The Bertz CT molecular complexity index is 163. The first kappa shape index (κ1) is 7.39. The molecule has 1 aromatic heterocycles. The Balaban J connectivity index is 2.28. The van der Waals surface area contributed by atoms with E-state index in [0.29, 0.717) is 0 Å². The van der Waals surface area contributed by atoms with E-state index < -0.39 is 0 Å². The molecule has 56 valence electrons. The van der Waals surface area contributed by atoms with E-state index in [0.717, 1.165) is 5.92 Å². The highest BCUT2D eigenvalue weighted by Crippen LogP contribution is 2.07. The number of nitrogens with one attached hydrogen (secondary N) is 1.